The molecule has 0 amide bonds. The number of hydrogen-bond donors (Lipinski definition) is 0. The molecule has 0 bridgehead atoms. The van der Waals surface area contributed by atoms with Crippen LogP contribution in [0.5, 0.6) is 11.5 Å². The van der Waals surface area contributed by atoms with Crippen molar-refractivity contribution in [2.75, 3.05) is 92.8 Å². The molecule has 0 N–H and O–H groups in total. The molecule has 36 heavy (non-hydrogen) atoms. The van der Waals surface area contributed by atoms with Crippen LogP contribution in [0.2, 0.25) is 0 Å². The van der Waals surface area contributed by atoms with Crippen molar-refractivity contribution in [1.29, 1.82) is 0 Å². The highest BCUT2D eigenvalue weighted by Crippen LogP contribution is 2.30. The molecule has 1 atom stereocenters. The van der Waals surface area contributed by atoms with E-state index >= 15 is 0 Å². The number of piperazine rings is 2. The number of unbranched alkanes of at least 4 members (excludes halogenated alkanes) is 2. The molecule has 1 aromatic rings. The molecule has 6 heteroatoms. The summed E-state index contributed by atoms with van der Waals surface area (Å²) in [5.41, 5.74) is 1.35. The lowest BCUT2D eigenvalue weighted by Crippen LogP contribution is -2.44. The fourth-order valence-corrected chi connectivity index (χ4v) is 4.90. The van der Waals surface area contributed by atoms with Gasteiger partial charge in [-0.15, -0.1) is 0 Å². The van der Waals surface area contributed by atoms with Crippen LogP contribution in [0.4, 0.5) is 0 Å². The Morgan fingerprint density at radius 1 is 0.667 bits per heavy atom. The minimum absolute atomic E-state index is 0.655. The number of hydrogen-bond acceptors (Lipinski definition) is 6. The van der Waals surface area contributed by atoms with E-state index in [2.05, 4.69) is 72.7 Å². The molecule has 0 unspecified atom stereocenters. The summed E-state index contributed by atoms with van der Waals surface area (Å²) in [6, 6.07) is 6.61. The molecule has 0 aliphatic carbocycles. The van der Waals surface area contributed by atoms with Crippen LogP contribution < -0.4 is 9.47 Å². The molecule has 2 heterocycles. The van der Waals surface area contributed by atoms with Crippen molar-refractivity contribution in [3.8, 4) is 11.5 Å². The first-order valence-corrected chi connectivity index (χ1v) is 14.6. The van der Waals surface area contributed by atoms with Crippen molar-refractivity contribution >= 4 is 0 Å². The average Bonchev–Trinajstić information content (AvgIpc) is 2.86. The van der Waals surface area contributed by atoms with Crippen molar-refractivity contribution in [1.82, 2.24) is 19.6 Å². The Bertz CT molecular complexity index is 728. The van der Waals surface area contributed by atoms with E-state index in [1.165, 1.54) is 83.9 Å². The van der Waals surface area contributed by atoms with E-state index in [0.29, 0.717) is 11.8 Å². The van der Waals surface area contributed by atoms with Crippen LogP contribution in [0.3, 0.4) is 0 Å². The number of ether oxygens (including phenoxy) is 2. The lowest BCUT2D eigenvalue weighted by Gasteiger charge is -2.32. The zero-order valence-electron chi connectivity index (χ0n) is 24.0. The van der Waals surface area contributed by atoms with E-state index in [1.807, 2.05) is 0 Å². The second-order valence-corrected chi connectivity index (χ2v) is 11.6. The van der Waals surface area contributed by atoms with E-state index in [-0.39, 0.29) is 0 Å². The van der Waals surface area contributed by atoms with Gasteiger partial charge in [-0.05, 0) is 88.8 Å². The standard InChI is InChI=1S/C30H54N4O2/c1-26(2)27(3)24-28-10-11-29(35-22-8-6-12-33-18-14-31(4)15-19-33)30(25-28)36-23-9-7-13-34-20-16-32(5)17-21-34/h10-11,25-27H,6-9,12-24H2,1-5H3/t27-/m0/s1. The summed E-state index contributed by atoms with van der Waals surface area (Å²) >= 11 is 0. The number of rotatable bonds is 15. The van der Waals surface area contributed by atoms with Gasteiger partial charge in [0.2, 0.25) is 0 Å². The molecular weight excluding hydrogens is 448 g/mol. The van der Waals surface area contributed by atoms with Crippen molar-refractivity contribution in [2.45, 2.75) is 52.9 Å². The van der Waals surface area contributed by atoms with Gasteiger partial charge in [0.05, 0.1) is 13.2 Å². The predicted octanol–water partition coefficient (Wildman–Crippen LogP) is 4.33. The molecule has 206 valence electrons. The first kappa shape index (κ1) is 29.2. The highest BCUT2D eigenvalue weighted by molar-refractivity contribution is 5.43. The summed E-state index contributed by atoms with van der Waals surface area (Å²) in [5, 5.41) is 0. The lowest BCUT2D eigenvalue weighted by molar-refractivity contribution is 0.148. The Morgan fingerprint density at radius 2 is 1.17 bits per heavy atom. The lowest BCUT2D eigenvalue weighted by atomic mass is 9.91. The van der Waals surface area contributed by atoms with Crippen molar-refractivity contribution in [3.63, 3.8) is 0 Å². The van der Waals surface area contributed by atoms with E-state index < -0.39 is 0 Å². The molecule has 2 fully saturated rings. The third-order valence-electron chi connectivity index (χ3n) is 8.15. The summed E-state index contributed by atoms with van der Waals surface area (Å²) in [5.74, 6) is 3.18. The normalized spacial score (nSPS) is 19.6. The van der Waals surface area contributed by atoms with Gasteiger partial charge >= 0.3 is 0 Å². The van der Waals surface area contributed by atoms with E-state index in [1.54, 1.807) is 0 Å². The molecular formula is C30H54N4O2. The SMILES string of the molecule is CC(C)[C@@H](C)Cc1ccc(OCCCCN2CCN(C)CC2)c(OCCCCN2CCN(C)CC2)c1. The number of benzene rings is 1. The van der Waals surface area contributed by atoms with Gasteiger partial charge in [-0.2, -0.15) is 0 Å². The van der Waals surface area contributed by atoms with Gasteiger partial charge < -0.3 is 29.1 Å². The third kappa shape index (κ3) is 10.6. The third-order valence-corrected chi connectivity index (χ3v) is 8.15. The zero-order valence-corrected chi connectivity index (χ0v) is 24.0. The summed E-state index contributed by atoms with van der Waals surface area (Å²) in [7, 11) is 4.43. The van der Waals surface area contributed by atoms with Gasteiger partial charge in [0.1, 0.15) is 0 Å². The topological polar surface area (TPSA) is 31.4 Å². The van der Waals surface area contributed by atoms with Crippen LogP contribution >= 0.6 is 0 Å². The molecule has 1 aromatic carbocycles. The zero-order chi connectivity index (χ0) is 25.8. The largest absolute Gasteiger partial charge is 0.490 e. The van der Waals surface area contributed by atoms with Crippen LogP contribution in [0, 0.1) is 11.8 Å². The average molecular weight is 503 g/mol. The molecule has 3 rings (SSSR count). The maximum Gasteiger partial charge on any atom is 0.161 e. The Labute approximate surface area is 221 Å². The Balaban J connectivity index is 1.43. The molecule has 0 saturated carbocycles. The first-order chi connectivity index (χ1) is 17.4. The van der Waals surface area contributed by atoms with Gasteiger partial charge in [-0.3, -0.25) is 0 Å². The van der Waals surface area contributed by atoms with E-state index in [0.717, 1.165) is 44.0 Å². The van der Waals surface area contributed by atoms with Gasteiger partial charge in [0.25, 0.3) is 0 Å². The Kier molecular flexibility index (Phi) is 12.8. The second-order valence-electron chi connectivity index (χ2n) is 11.6. The van der Waals surface area contributed by atoms with Crippen LogP contribution in [-0.2, 0) is 6.42 Å². The van der Waals surface area contributed by atoms with Crippen LogP contribution in [0.25, 0.3) is 0 Å². The first-order valence-electron chi connectivity index (χ1n) is 14.6. The highest BCUT2D eigenvalue weighted by atomic mass is 16.5. The summed E-state index contributed by atoms with van der Waals surface area (Å²) < 4.78 is 12.6. The highest BCUT2D eigenvalue weighted by Gasteiger charge is 2.15. The van der Waals surface area contributed by atoms with Crippen LogP contribution in [0.1, 0.15) is 52.0 Å². The second kappa shape index (κ2) is 15.8. The fourth-order valence-electron chi connectivity index (χ4n) is 4.90. The number of likely N-dealkylation sites (N-methyl/N-ethyl adjacent to an activating group) is 2. The van der Waals surface area contributed by atoms with E-state index in [9.17, 15) is 0 Å². The quantitative estimate of drug-likeness (QED) is 0.332. The smallest absolute Gasteiger partial charge is 0.161 e. The maximum absolute atomic E-state index is 6.32. The van der Waals surface area contributed by atoms with Crippen molar-refractivity contribution in [3.05, 3.63) is 23.8 Å². The Morgan fingerprint density at radius 3 is 1.67 bits per heavy atom. The summed E-state index contributed by atoms with van der Waals surface area (Å²) in [4.78, 5) is 10.0. The fraction of sp³-hybridized carbons (Fsp3) is 0.800. The van der Waals surface area contributed by atoms with E-state index in [4.69, 9.17) is 9.47 Å². The van der Waals surface area contributed by atoms with Crippen LogP contribution in [-0.4, -0.2) is 112 Å². The van der Waals surface area contributed by atoms with Gasteiger partial charge in [-0.25, -0.2) is 0 Å². The molecule has 2 saturated heterocycles. The van der Waals surface area contributed by atoms with Crippen molar-refractivity contribution in [2.24, 2.45) is 11.8 Å². The summed E-state index contributed by atoms with van der Waals surface area (Å²) in [6.07, 6.45) is 5.64. The van der Waals surface area contributed by atoms with Gasteiger partial charge in [0.15, 0.2) is 11.5 Å². The molecule has 2 aliphatic heterocycles. The Hall–Kier alpha value is -1.34. The maximum atomic E-state index is 6.32. The molecule has 6 nitrogen and oxygen atoms in total. The predicted molar refractivity (Wildman–Crippen MR) is 151 cm³/mol. The molecule has 0 aromatic heterocycles. The number of nitrogens with zero attached hydrogens (tertiary/aromatic N) is 4. The molecule has 0 spiro atoms. The summed E-state index contributed by atoms with van der Waals surface area (Å²) in [6.45, 7) is 20.4. The molecule has 0 radical (unpaired) electrons. The van der Waals surface area contributed by atoms with Gasteiger partial charge in [-0.1, -0.05) is 26.8 Å². The monoisotopic (exact) mass is 502 g/mol. The molecule has 2 aliphatic rings. The van der Waals surface area contributed by atoms with Crippen LogP contribution in [0.15, 0.2) is 18.2 Å². The van der Waals surface area contributed by atoms with Gasteiger partial charge in [0, 0.05) is 52.4 Å². The minimum atomic E-state index is 0.655. The minimum Gasteiger partial charge on any atom is -0.490 e. The van der Waals surface area contributed by atoms with Crippen molar-refractivity contribution < 1.29 is 9.47 Å².